The van der Waals surface area contributed by atoms with Gasteiger partial charge in [-0.3, -0.25) is 4.79 Å². The minimum Gasteiger partial charge on any atom is -0.491 e. The number of hydrogen-bond acceptors (Lipinski definition) is 3. The second kappa shape index (κ2) is 9.60. The van der Waals surface area contributed by atoms with Crippen LogP contribution in [0.2, 0.25) is 0 Å². The summed E-state index contributed by atoms with van der Waals surface area (Å²) < 4.78 is 11.5. The molecule has 0 radical (unpaired) electrons. The van der Waals surface area contributed by atoms with Crippen LogP contribution in [-0.4, -0.2) is 12.0 Å². The Balaban J connectivity index is 1.57. The molecule has 0 fully saturated rings. The molecule has 1 amide bonds. The van der Waals surface area contributed by atoms with Gasteiger partial charge in [0.05, 0.1) is 6.10 Å². The van der Waals surface area contributed by atoms with Crippen LogP contribution in [0, 0.1) is 0 Å². The monoisotopic (exact) mass is 375 g/mol. The Morgan fingerprint density at radius 3 is 2.36 bits per heavy atom. The molecule has 4 heteroatoms. The minimum atomic E-state index is -0.139. The van der Waals surface area contributed by atoms with Crippen molar-refractivity contribution in [3.05, 3.63) is 95.6 Å². The van der Waals surface area contributed by atoms with Crippen LogP contribution in [0.15, 0.2) is 78.9 Å². The lowest BCUT2D eigenvalue weighted by molar-refractivity contribution is 0.0950. The maximum atomic E-state index is 12.5. The highest BCUT2D eigenvalue weighted by molar-refractivity contribution is 5.94. The number of benzene rings is 3. The number of rotatable bonds is 8. The molecule has 3 aromatic carbocycles. The second-order valence-corrected chi connectivity index (χ2v) is 6.80. The van der Waals surface area contributed by atoms with Crippen molar-refractivity contribution in [2.24, 2.45) is 0 Å². The van der Waals surface area contributed by atoms with Gasteiger partial charge in [-0.1, -0.05) is 48.5 Å². The summed E-state index contributed by atoms with van der Waals surface area (Å²) >= 11 is 0. The van der Waals surface area contributed by atoms with Crippen molar-refractivity contribution >= 4 is 5.91 Å². The molecular formula is C24H25NO3. The van der Waals surface area contributed by atoms with Gasteiger partial charge in [0.15, 0.2) is 0 Å². The highest BCUT2D eigenvalue weighted by Crippen LogP contribution is 2.17. The van der Waals surface area contributed by atoms with E-state index in [0.29, 0.717) is 24.5 Å². The third-order valence-corrected chi connectivity index (χ3v) is 4.07. The molecule has 144 valence electrons. The molecule has 0 aliphatic carbocycles. The van der Waals surface area contributed by atoms with Crippen molar-refractivity contribution in [2.45, 2.75) is 33.1 Å². The van der Waals surface area contributed by atoms with E-state index in [9.17, 15) is 4.79 Å². The van der Waals surface area contributed by atoms with Crippen LogP contribution in [0.3, 0.4) is 0 Å². The first-order valence-corrected chi connectivity index (χ1v) is 9.41. The molecule has 0 unspecified atom stereocenters. The second-order valence-electron chi connectivity index (χ2n) is 6.80. The molecule has 0 saturated carbocycles. The number of nitrogens with one attached hydrogen (secondary N) is 1. The number of carbonyl (C=O) groups excluding carboxylic acids is 1. The van der Waals surface area contributed by atoms with E-state index >= 15 is 0 Å². The molecule has 0 aliphatic rings. The molecule has 0 spiro atoms. The van der Waals surface area contributed by atoms with E-state index < -0.39 is 0 Å². The average molecular weight is 375 g/mol. The SMILES string of the molecule is CC(C)Oc1cccc(CNC(=O)c2cccc(OCc3ccccc3)c2)c1. The lowest BCUT2D eigenvalue weighted by Crippen LogP contribution is -2.22. The Hall–Kier alpha value is -3.27. The normalized spacial score (nSPS) is 10.5. The van der Waals surface area contributed by atoms with E-state index in [1.165, 1.54) is 0 Å². The van der Waals surface area contributed by atoms with Crippen LogP contribution in [0.25, 0.3) is 0 Å². The van der Waals surface area contributed by atoms with Crippen molar-refractivity contribution in [2.75, 3.05) is 0 Å². The molecule has 0 aliphatic heterocycles. The lowest BCUT2D eigenvalue weighted by Gasteiger charge is -2.12. The molecule has 0 saturated heterocycles. The van der Waals surface area contributed by atoms with E-state index in [4.69, 9.17) is 9.47 Å². The van der Waals surface area contributed by atoms with E-state index in [-0.39, 0.29) is 12.0 Å². The summed E-state index contributed by atoms with van der Waals surface area (Å²) in [6.45, 7) is 4.88. The Labute approximate surface area is 166 Å². The zero-order valence-corrected chi connectivity index (χ0v) is 16.2. The van der Waals surface area contributed by atoms with Crippen molar-refractivity contribution < 1.29 is 14.3 Å². The largest absolute Gasteiger partial charge is 0.491 e. The highest BCUT2D eigenvalue weighted by Gasteiger charge is 2.08. The third-order valence-electron chi connectivity index (χ3n) is 4.07. The third kappa shape index (κ3) is 5.88. The summed E-state index contributed by atoms with van der Waals surface area (Å²) in [5, 5.41) is 2.95. The summed E-state index contributed by atoms with van der Waals surface area (Å²) in [6, 6.07) is 24.9. The maximum absolute atomic E-state index is 12.5. The smallest absolute Gasteiger partial charge is 0.251 e. The van der Waals surface area contributed by atoms with E-state index in [1.54, 1.807) is 12.1 Å². The molecule has 0 heterocycles. The van der Waals surface area contributed by atoms with Gasteiger partial charge in [0.2, 0.25) is 0 Å². The first-order valence-electron chi connectivity index (χ1n) is 9.41. The number of carbonyl (C=O) groups is 1. The summed E-state index contributed by atoms with van der Waals surface area (Å²) in [5.74, 6) is 1.34. The Morgan fingerprint density at radius 2 is 1.57 bits per heavy atom. The van der Waals surface area contributed by atoms with Crippen molar-refractivity contribution in [1.29, 1.82) is 0 Å². The first-order chi connectivity index (χ1) is 13.6. The quantitative estimate of drug-likeness (QED) is 0.604. The number of ether oxygens (including phenoxy) is 2. The van der Waals surface area contributed by atoms with Gasteiger partial charge in [-0.2, -0.15) is 0 Å². The predicted octanol–water partition coefficient (Wildman–Crippen LogP) is 4.98. The molecule has 4 nitrogen and oxygen atoms in total. The molecule has 3 aromatic rings. The molecule has 0 aromatic heterocycles. The summed E-state index contributed by atoms with van der Waals surface area (Å²) in [4.78, 5) is 12.5. The van der Waals surface area contributed by atoms with Crippen LogP contribution in [0.1, 0.15) is 35.3 Å². The van der Waals surface area contributed by atoms with Crippen LogP contribution in [0.5, 0.6) is 11.5 Å². The fraction of sp³-hybridized carbons (Fsp3) is 0.208. The van der Waals surface area contributed by atoms with Gasteiger partial charge >= 0.3 is 0 Å². The first kappa shape index (κ1) is 19.5. The van der Waals surface area contributed by atoms with Gasteiger partial charge in [0.25, 0.3) is 5.91 Å². The zero-order valence-electron chi connectivity index (χ0n) is 16.2. The molecule has 0 atom stereocenters. The molecular weight excluding hydrogens is 350 g/mol. The van der Waals surface area contributed by atoms with E-state index in [2.05, 4.69) is 5.32 Å². The Bertz CT molecular complexity index is 906. The fourth-order valence-corrected chi connectivity index (χ4v) is 2.75. The van der Waals surface area contributed by atoms with Crippen LogP contribution in [0.4, 0.5) is 0 Å². The van der Waals surface area contributed by atoms with Gasteiger partial charge in [-0.25, -0.2) is 0 Å². The number of hydrogen-bond donors (Lipinski definition) is 1. The van der Waals surface area contributed by atoms with Crippen LogP contribution in [-0.2, 0) is 13.2 Å². The van der Waals surface area contributed by atoms with E-state index in [0.717, 1.165) is 16.9 Å². The van der Waals surface area contributed by atoms with Gasteiger partial charge in [-0.05, 0) is 55.3 Å². The fourth-order valence-electron chi connectivity index (χ4n) is 2.75. The summed E-state index contributed by atoms with van der Waals surface area (Å²) in [5.41, 5.74) is 2.64. The van der Waals surface area contributed by atoms with Crippen LogP contribution >= 0.6 is 0 Å². The van der Waals surface area contributed by atoms with E-state index in [1.807, 2.05) is 80.6 Å². The van der Waals surface area contributed by atoms with Crippen molar-refractivity contribution in [3.8, 4) is 11.5 Å². The van der Waals surface area contributed by atoms with Crippen molar-refractivity contribution in [3.63, 3.8) is 0 Å². The van der Waals surface area contributed by atoms with Gasteiger partial charge < -0.3 is 14.8 Å². The minimum absolute atomic E-state index is 0.114. The molecule has 3 rings (SSSR count). The summed E-state index contributed by atoms with van der Waals surface area (Å²) in [7, 11) is 0. The van der Waals surface area contributed by atoms with Gasteiger partial charge in [-0.15, -0.1) is 0 Å². The maximum Gasteiger partial charge on any atom is 0.251 e. The predicted molar refractivity (Wildman–Crippen MR) is 111 cm³/mol. The Kier molecular flexibility index (Phi) is 6.68. The lowest BCUT2D eigenvalue weighted by atomic mass is 10.1. The molecule has 1 N–H and O–H groups in total. The van der Waals surface area contributed by atoms with Gasteiger partial charge in [0.1, 0.15) is 18.1 Å². The van der Waals surface area contributed by atoms with Gasteiger partial charge in [0, 0.05) is 12.1 Å². The Morgan fingerprint density at radius 1 is 0.857 bits per heavy atom. The number of amides is 1. The molecule has 28 heavy (non-hydrogen) atoms. The van der Waals surface area contributed by atoms with Crippen molar-refractivity contribution in [1.82, 2.24) is 5.32 Å². The highest BCUT2D eigenvalue weighted by atomic mass is 16.5. The standard InChI is InChI=1S/C24H25NO3/c1-18(2)28-23-13-6-10-20(14-23)16-25-24(26)21-11-7-12-22(15-21)27-17-19-8-4-3-5-9-19/h3-15,18H,16-17H2,1-2H3,(H,25,26). The summed E-state index contributed by atoms with van der Waals surface area (Å²) in [6.07, 6.45) is 0.114. The average Bonchev–Trinajstić information content (AvgIpc) is 2.71. The topological polar surface area (TPSA) is 47.6 Å². The molecule has 0 bridgehead atoms. The zero-order chi connectivity index (χ0) is 19.8. The van der Waals surface area contributed by atoms with Crippen LogP contribution < -0.4 is 14.8 Å².